The number of amides is 1. The van der Waals surface area contributed by atoms with E-state index < -0.39 is 0 Å². The van der Waals surface area contributed by atoms with Crippen LogP contribution in [0, 0.1) is 0 Å². The summed E-state index contributed by atoms with van der Waals surface area (Å²) in [5.41, 5.74) is 0.532. The van der Waals surface area contributed by atoms with Crippen LogP contribution in [0.3, 0.4) is 0 Å². The Morgan fingerprint density at radius 1 is 1.33 bits per heavy atom. The van der Waals surface area contributed by atoms with Crippen LogP contribution in [-0.2, 0) is 6.54 Å². The Balaban J connectivity index is 2.19. The molecule has 1 N–H and O–H groups in total. The van der Waals surface area contributed by atoms with E-state index in [-0.39, 0.29) is 11.5 Å². The van der Waals surface area contributed by atoms with E-state index in [1.807, 2.05) is 11.8 Å². The van der Waals surface area contributed by atoms with Crippen molar-refractivity contribution in [2.24, 2.45) is 0 Å². The van der Waals surface area contributed by atoms with Crippen molar-refractivity contribution in [2.75, 3.05) is 26.2 Å². The third-order valence-electron chi connectivity index (χ3n) is 3.20. The summed E-state index contributed by atoms with van der Waals surface area (Å²) < 4.78 is 1.56. The van der Waals surface area contributed by atoms with Gasteiger partial charge in [-0.15, -0.1) is 0 Å². The Hall–Kier alpha value is -1.62. The number of carbonyl (C=O) groups excluding carboxylic acids is 1. The molecule has 2 heterocycles. The Labute approximate surface area is 106 Å². The van der Waals surface area contributed by atoms with Crippen molar-refractivity contribution in [3.8, 4) is 0 Å². The zero-order valence-electron chi connectivity index (χ0n) is 10.7. The maximum atomic E-state index is 12.3. The summed E-state index contributed by atoms with van der Waals surface area (Å²) in [6.45, 7) is 5.77. The number of hydrogen-bond donors (Lipinski definition) is 1. The number of rotatable bonds is 2. The van der Waals surface area contributed by atoms with Gasteiger partial charge in [0.1, 0.15) is 0 Å². The molecule has 0 bridgehead atoms. The van der Waals surface area contributed by atoms with Gasteiger partial charge in [0.25, 0.3) is 11.5 Å². The molecule has 0 radical (unpaired) electrons. The molecule has 5 nitrogen and oxygen atoms in total. The molecule has 5 heteroatoms. The quantitative estimate of drug-likeness (QED) is 0.820. The van der Waals surface area contributed by atoms with E-state index in [1.165, 1.54) is 6.07 Å². The van der Waals surface area contributed by atoms with E-state index in [2.05, 4.69) is 5.32 Å². The van der Waals surface area contributed by atoms with Crippen molar-refractivity contribution in [3.63, 3.8) is 0 Å². The zero-order valence-corrected chi connectivity index (χ0v) is 10.7. The molecule has 1 amide bonds. The molecule has 1 fully saturated rings. The highest BCUT2D eigenvalue weighted by Crippen LogP contribution is 2.05. The summed E-state index contributed by atoms with van der Waals surface area (Å²) in [5, 5.41) is 3.27. The molecule has 0 aromatic carbocycles. The average molecular weight is 249 g/mol. The van der Waals surface area contributed by atoms with Crippen LogP contribution < -0.4 is 10.9 Å². The molecule has 1 aliphatic rings. The van der Waals surface area contributed by atoms with Gasteiger partial charge >= 0.3 is 0 Å². The van der Waals surface area contributed by atoms with E-state index in [1.54, 1.807) is 16.8 Å². The molecule has 98 valence electrons. The SMILES string of the molecule is CCn1cc(C(=O)N2CCCNCC2)ccc1=O. The highest BCUT2D eigenvalue weighted by Gasteiger charge is 2.17. The standard InChI is InChI=1S/C13H19N3O2/c1-2-15-10-11(4-5-12(15)17)13(18)16-8-3-6-14-7-9-16/h4-5,10,14H,2-3,6-9H2,1H3. The number of nitrogens with zero attached hydrogens (tertiary/aromatic N) is 2. The molecule has 18 heavy (non-hydrogen) atoms. The van der Waals surface area contributed by atoms with Crippen molar-refractivity contribution < 1.29 is 4.79 Å². The summed E-state index contributed by atoms with van der Waals surface area (Å²) in [7, 11) is 0. The van der Waals surface area contributed by atoms with Crippen molar-refractivity contribution in [1.29, 1.82) is 0 Å². The minimum Gasteiger partial charge on any atom is -0.337 e. The van der Waals surface area contributed by atoms with Gasteiger partial charge in [-0.2, -0.15) is 0 Å². The highest BCUT2D eigenvalue weighted by molar-refractivity contribution is 5.93. The summed E-state index contributed by atoms with van der Waals surface area (Å²) in [5.74, 6) is 0.0147. The third kappa shape index (κ3) is 2.79. The van der Waals surface area contributed by atoms with E-state index >= 15 is 0 Å². The number of nitrogens with one attached hydrogen (secondary N) is 1. The van der Waals surface area contributed by atoms with Crippen molar-refractivity contribution in [1.82, 2.24) is 14.8 Å². The van der Waals surface area contributed by atoms with Gasteiger partial charge in [-0.05, 0) is 26.0 Å². The first-order chi connectivity index (χ1) is 8.72. The lowest BCUT2D eigenvalue weighted by Crippen LogP contribution is -2.35. The molecule has 0 saturated carbocycles. The van der Waals surface area contributed by atoms with Crippen molar-refractivity contribution >= 4 is 5.91 Å². The number of hydrogen-bond acceptors (Lipinski definition) is 3. The fourth-order valence-corrected chi connectivity index (χ4v) is 2.14. The highest BCUT2D eigenvalue weighted by atomic mass is 16.2. The van der Waals surface area contributed by atoms with Crippen LogP contribution in [0.25, 0.3) is 0 Å². The normalized spacial score (nSPS) is 16.4. The predicted molar refractivity (Wildman–Crippen MR) is 69.8 cm³/mol. The first kappa shape index (κ1) is 12.8. The average Bonchev–Trinajstić information content (AvgIpc) is 2.67. The van der Waals surface area contributed by atoms with E-state index in [0.717, 1.165) is 32.6 Å². The number of pyridine rings is 1. The Morgan fingerprint density at radius 2 is 2.17 bits per heavy atom. The Bertz CT molecular complexity index is 473. The van der Waals surface area contributed by atoms with Gasteiger partial charge in [-0.25, -0.2) is 0 Å². The van der Waals surface area contributed by atoms with E-state index in [4.69, 9.17) is 0 Å². The molecule has 1 aromatic rings. The number of aryl methyl sites for hydroxylation is 1. The van der Waals surface area contributed by atoms with Crippen LogP contribution >= 0.6 is 0 Å². The van der Waals surface area contributed by atoms with Crippen LogP contribution in [0.4, 0.5) is 0 Å². The maximum absolute atomic E-state index is 12.3. The molecule has 1 saturated heterocycles. The van der Waals surface area contributed by atoms with Gasteiger partial charge in [-0.3, -0.25) is 9.59 Å². The van der Waals surface area contributed by atoms with Gasteiger partial charge in [0.15, 0.2) is 0 Å². The summed E-state index contributed by atoms with van der Waals surface area (Å²) >= 11 is 0. The van der Waals surface area contributed by atoms with Crippen molar-refractivity contribution in [3.05, 3.63) is 34.2 Å². The molecular formula is C13H19N3O2. The molecule has 0 spiro atoms. The van der Waals surface area contributed by atoms with Gasteiger partial charge in [0.2, 0.25) is 0 Å². The zero-order chi connectivity index (χ0) is 13.0. The second-order valence-electron chi connectivity index (χ2n) is 4.44. The molecule has 1 aromatic heterocycles. The Morgan fingerprint density at radius 3 is 2.94 bits per heavy atom. The first-order valence-electron chi connectivity index (χ1n) is 6.43. The van der Waals surface area contributed by atoms with Crippen molar-refractivity contribution in [2.45, 2.75) is 19.9 Å². The number of aromatic nitrogens is 1. The topological polar surface area (TPSA) is 54.3 Å². The summed E-state index contributed by atoms with van der Waals surface area (Å²) in [4.78, 5) is 25.6. The molecular weight excluding hydrogens is 230 g/mol. The van der Waals surface area contributed by atoms with Gasteiger partial charge in [0.05, 0.1) is 5.56 Å². The van der Waals surface area contributed by atoms with Gasteiger partial charge < -0.3 is 14.8 Å². The lowest BCUT2D eigenvalue weighted by atomic mass is 10.2. The second-order valence-corrected chi connectivity index (χ2v) is 4.44. The fraction of sp³-hybridized carbons (Fsp3) is 0.538. The summed E-state index contributed by atoms with van der Waals surface area (Å²) in [6, 6.07) is 3.09. The fourth-order valence-electron chi connectivity index (χ4n) is 2.14. The molecule has 0 unspecified atom stereocenters. The van der Waals surface area contributed by atoms with Crippen LogP contribution in [0.15, 0.2) is 23.1 Å². The molecule has 0 aliphatic carbocycles. The van der Waals surface area contributed by atoms with Gasteiger partial charge in [-0.1, -0.05) is 0 Å². The van der Waals surface area contributed by atoms with E-state index in [0.29, 0.717) is 12.1 Å². The minimum atomic E-state index is -0.0633. The van der Waals surface area contributed by atoms with Crippen LogP contribution in [-0.4, -0.2) is 41.6 Å². The van der Waals surface area contributed by atoms with Crippen LogP contribution in [0.2, 0.25) is 0 Å². The number of carbonyl (C=O) groups is 1. The molecule has 1 aliphatic heterocycles. The predicted octanol–water partition coefficient (Wildman–Crippen LogP) is 0.304. The lowest BCUT2D eigenvalue weighted by Gasteiger charge is -2.20. The smallest absolute Gasteiger partial charge is 0.255 e. The van der Waals surface area contributed by atoms with Gasteiger partial charge in [0, 0.05) is 38.4 Å². The van der Waals surface area contributed by atoms with Crippen LogP contribution in [0.1, 0.15) is 23.7 Å². The maximum Gasteiger partial charge on any atom is 0.255 e. The second kappa shape index (κ2) is 5.82. The van der Waals surface area contributed by atoms with Crippen LogP contribution in [0.5, 0.6) is 0 Å². The molecule has 0 atom stereocenters. The minimum absolute atomic E-state index is 0.0147. The Kier molecular flexibility index (Phi) is 4.15. The van der Waals surface area contributed by atoms with E-state index in [9.17, 15) is 9.59 Å². The summed E-state index contributed by atoms with van der Waals surface area (Å²) in [6.07, 6.45) is 2.63. The molecule has 2 rings (SSSR count). The lowest BCUT2D eigenvalue weighted by molar-refractivity contribution is 0.0765. The monoisotopic (exact) mass is 249 g/mol. The first-order valence-corrected chi connectivity index (χ1v) is 6.43. The largest absolute Gasteiger partial charge is 0.337 e. The third-order valence-corrected chi connectivity index (χ3v) is 3.20.